The Balaban J connectivity index is 1.55. The Bertz CT molecular complexity index is 547. The fourth-order valence-electron chi connectivity index (χ4n) is 6.62. The van der Waals surface area contributed by atoms with Gasteiger partial charge in [-0.1, -0.05) is 19.3 Å². The topological polar surface area (TPSA) is 66.4 Å². The van der Waals surface area contributed by atoms with Gasteiger partial charge in [0.25, 0.3) is 0 Å². The third-order valence-corrected chi connectivity index (χ3v) is 7.41. The van der Waals surface area contributed by atoms with Gasteiger partial charge in [0, 0.05) is 5.92 Å². The van der Waals surface area contributed by atoms with Crippen LogP contribution in [0.1, 0.15) is 70.6 Å². The smallest absolute Gasteiger partial charge is 0.323 e. The number of carboxylic acids is 1. The van der Waals surface area contributed by atoms with Gasteiger partial charge in [-0.05, 0) is 69.1 Å². The molecule has 0 amide bonds. The molecule has 4 nitrogen and oxygen atoms in total. The van der Waals surface area contributed by atoms with Gasteiger partial charge in [0.2, 0.25) is 0 Å². The van der Waals surface area contributed by atoms with E-state index in [1.54, 1.807) is 0 Å². The van der Waals surface area contributed by atoms with Gasteiger partial charge < -0.3 is 14.6 Å². The lowest BCUT2D eigenvalue weighted by molar-refractivity contribution is -0.338. The van der Waals surface area contributed by atoms with Crippen molar-refractivity contribution in [3.63, 3.8) is 0 Å². The highest BCUT2D eigenvalue weighted by atomic mass is 19.3. The molecule has 0 N–H and O–H groups in total. The Morgan fingerprint density at radius 2 is 1.46 bits per heavy atom. The van der Waals surface area contributed by atoms with Gasteiger partial charge in [0.15, 0.2) is 6.10 Å². The van der Waals surface area contributed by atoms with Crippen molar-refractivity contribution < 1.29 is 28.2 Å². The first-order valence-electron chi connectivity index (χ1n) is 10.1. The summed E-state index contributed by atoms with van der Waals surface area (Å²) in [6.07, 6.45) is 7.07. The molecule has 0 radical (unpaired) electrons. The molecule has 146 valence electrons. The molecule has 5 aliphatic rings. The van der Waals surface area contributed by atoms with Gasteiger partial charge >= 0.3 is 11.9 Å². The number of carbonyl (C=O) groups is 2. The number of carboxylic acid groups (broad SMARTS) is 1. The molecule has 5 aliphatic carbocycles. The first kappa shape index (κ1) is 18.2. The number of esters is 1. The second kappa shape index (κ2) is 6.45. The van der Waals surface area contributed by atoms with Crippen LogP contribution in [-0.4, -0.2) is 24.0 Å². The van der Waals surface area contributed by atoms with Gasteiger partial charge in [-0.2, -0.15) is 8.78 Å². The molecule has 0 spiro atoms. The highest BCUT2D eigenvalue weighted by Gasteiger charge is 2.57. The van der Waals surface area contributed by atoms with Crippen LogP contribution in [0.2, 0.25) is 0 Å². The molecule has 0 aliphatic heterocycles. The Morgan fingerprint density at radius 1 is 0.962 bits per heavy atom. The summed E-state index contributed by atoms with van der Waals surface area (Å²) in [5.41, 5.74) is -0.663. The fourth-order valence-corrected chi connectivity index (χ4v) is 6.62. The predicted octanol–water partition coefficient (Wildman–Crippen LogP) is 3.08. The first-order chi connectivity index (χ1) is 12.3. The maximum atomic E-state index is 14.4. The molecule has 5 saturated carbocycles. The monoisotopic (exact) mass is 369 g/mol. The molecule has 0 aromatic heterocycles. The number of ether oxygens (including phenoxy) is 1. The van der Waals surface area contributed by atoms with E-state index >= 15 is 0 Å². The Labute approximate surface area is 152 Å². The highest BCUT2D eigenvalue weighted by Crippen LogP contribution is 2.60. The maximum Gasteiger partial charge on any atom is 0.323 e. The van der Waals surface area contributed by atoms with E-state index in [4.69, 9.17) is 4.74 Å². The lowest BCUT2D eigenvalue weighted by Gasteiger charge is -2.55. The second-order valence-electron chi connectivity index (χ2n) is 9.33. The minimum atomic E-state index is -4.14. The molecule has 1 unspecified atom stereocenters. The summed E-state index contributed by atoms with van der Waals surface area (Å²) in [6.45, 7) is 0. The summed E-state index contributed by atoms with van der Waals surface area (Å²) in [5, 5.41) is 11.1. The van der Waals surface area contributed by atoms with Crippen molar-refractivity contribution in [2.45, 2.75) is 82.7 Å². The molecule has 26 heavy (non-hydrogen) atoms. The summed E-state index contributed by atoms with van der Waals surface area (Å²) in [4.78, 5) is 24.1. The van der Waals surface area contributed by atoms with Gasteiger partial charge in [0.05, 0.1) is 5.41 Å². The Kier molecular flexibility index (Phi) is 4.51. The number of aliphatic carboxylic acids is 1. The number of halogens is 2. The second-order valence-corrected chi connectivity index (χ2v) is 9.33. The van der Waals surface area contributed by atoms with Crippen LogP contribution in [0.4, 0.5) is 8.78 Å². The minimum Gasteiger partial charge on any atom is -0.544 e. The number of hydrogen-bond acceptors (Lipinski definition) is 4. The molecule has 0 saturated heterocycles. The van der Waals surface area contributed by atoms with Gasteiger partial charge in [0.1, 0.15) is 5.97 Å². The van der Waals surface area contributed by atoms with Crippen LogP contribution < -0.4 is 5.11 Å². The van der Waals surface area contributed by atoms with Crippen molar-refractivity contribution in [2.24, 2.45) is 29.1 Å². The van der Waals surface area contributed by atoms with E-state index in [9.17, 15) is 23.5 Å². The van der Waals surface area contributed by atoms with Crippen molar-refractivity contribution in [1.82, 2.24) is 0 Å². The third-order valence-electron chi connectivity index (χ3n) is 7.41. The maximum absolute atomic E-state index is 14.4. The largest absolute Gasteiger partial charge is 0.544 e. The Morgan fingerprint density at radius 3 is 1.92 bits per heavy atom. The van der Waals surface area contributed by atoms with Crippen LogP contribution >= 0.6 is 0 Å². The van der Waals surface area contributed by atoms with Crippen LogP contribution in [-0.2, 0) is 14.3 Å². The number of hydrogen-bond donors (Lipinski definition) is 0. The van der Waals surface area contributed by atoms with Gasteiger partial charge in [-0.25, -0.2) is 0 Å². The molecular weight excluding hydrogens is 342 g/mol. The lowest BCUT2D eigenvalue weighted by atomic mass is 9.49. The number of alkyl halides is 2. The fraction of sp³-hybridized carbons (Fsp3) is 0.900. The van der Waals surface area contributed by atoms with Crippen molar-refractivity contribution in [3.05, 3.63) is 0 Å². The van der Waals surface area contributed by atoms with Crippen LogP contribution in [0.15, 0.2) is 0 Å². The lowest BCUT2D eigenvalue weighted by Crippen LogP contribution is -2.57. The summed E-state index contributed by atoms with van der Waals surface area (Å²) in [6, 6.07) is 0. The van der Waals surface area contributed by atoms with Crippen molar-refractivity contribution in [1.29, 1.82) is 0 Å². The molecule has 0 aromatic carbocycles. The van der Waals surface area contributed by atoms with E-state index < -0.39 is 35.3 Å². The number of rotatable bonds is 5. The van der Waals surface area contributed by atoms with E-state index in [0.717, 1.165) is 38.5 Å². The summed E-state index contributed by atoms with van der Waals surface area (Å²) in [5.74, 6) is -6.29. The van der Waals surface area contributed by atoms with Crippen molar-refractivity contribution in [3.8, 4) is 0 Å². The first-order valence-corrected chi connectivity index (χ1v) is 10.1. The van der Waals surface area contributed by atoms with Crippen LogP contribution in [0.5, 0.6) is 0 Å². The van der Waals surface area contributed by atoms with E-state index in [1.807, 2.05) is 0 Å². The SMILES string of the molecule is O=C(OC(C1CCCCC1)C(F)(F)C(=O)[O-])C12CC3CC(CC(C3)C1)C2. The normalized spacial score (nSPS) is 38.2. The van der Waals surface area contributed by atoms with Crippen LogP contribution in [0, 0.1) is 29.1 Å². The van der Waals surface area contributed by atoms with Gasteiger partial charge in [-0.3, -0.25) is 4.79 Å². The average molecular weight is 369 g/mol. The van der Waals surface area contributed by atoms with Crippen molar-refractivity contribution >= 4 is 11.9 Å². The zero-order valence-electron chi connectivity index (χ0n) is 15.1. The van der Waals surface area contributed by atoms with E-state index in [-0.39, 0.29) is 0 Å². The minimum absolute atomic E-state index is 0.474. The molecule has 1 atom stereocenters. The van der Waals surface area contributed by atoms with E-state index in [1.165, 1.54) is 0 Å². The molecule has 5 rings (SSSR count). The Hall–Kier alpha value is -1.20. The third kappa shape index (κ3) is 3.03. The summed E-state index contributed by atoms with van der Waals surface area (Å²) >= 11 is 0. The summed E-state index contributed by atoms with van der Waals surface area (Å²) < 4.78 is 34.2. The molecule has 0 aromatic rings. The standard InChI is InChI=1S/C20H28F2O4/c21-20(22,17(23)24)16(15-4-2-1-3-5-15)26-18(25)19-9-12-6-13(10-19)8-14(7-12)11-19/h12-16H,1-11H2,(H,23,24)/p-1. The molecule has 5 fully saturated rings. The molecule has 4 bridgehead atoms. The van der Waals surface area contributed by atoms with Crippen molar-refractivity contribution in [2.75, 3.05) is 0 Å². The van der Waals surface area contributed by atoms with Crippen LogP contribution in [0.3, 0.4) is 0 Å². The molecular formula is C20H27F2O4-. The summed E-state index contributed by atoms with van der Waals surface area (Å²) in [7, 11) is 0. The number of carbonyl (C=O) groups excluding carboxylic acids is 2. The molecule has 6 heteroatoms. The molecule has 0 heterocycles. The zero-order valence-corrected chi connectivity index (χ0v) is 15.1. The quantitative estimate of drug-likeness (QED) is 0.699. The highest BCUT2D eigenvalue weighted by molar-refractivity contribution is 5.79. The van der Waals surface area contributed by atoms with E-state index in [2.05, 4.69) is 0 Å². The van der Waals surface area contributed by atoms with E-state index in [0.29, 0.717) is 49.9 Å². The predicted molar refractivity (Wildman–Crippen MR) is 87.0 cm³/mol. The van der Waals surface area contributed by atoms with Crippen LogP contribution in [0.25, 0.3) is 0 Å². The zero-order chi connectivity index (χ0) is 18.5. The van der Waals surface area contributed by atoms with Gasteiger partial charge in [-0.15, -0.1) is 0 Å². The average Bonchev–Trinajstić information content (AvgIpc) is 2.58.